The molecule has 2 heteroatoms. The molecule has 1 nitrogen and oxygen atoms in total. The smallest absolute Gasteiger partial charge is 0.0438 e. The van der Waals surface area contributed by atoms with Crippen molar-refractivity contribution in [2.24, 2.45) is 5.73 Å². The van der Waals surface area contributed by atoms with Gasteiger partial charge in [-0.1, -0.05) is 61.0 Å². The van der Waals surface area contributed by atoms with Crippen LogP contribution in [0, 0.1) is 0 Å². The van der Waals surface area contributed by atoms with Crippen LogP contribution in [0.1, 0.15) is 29.7 Å². The summed E-state index contributed by atoms with van der Waals surface area (Å²) in [5.41, 5.74) is 9.86. The van der Waals surface area contributed by atoms with Crippen molar-refractivity contribution in [2.75, 3.05) is 0 Å². The molecular weight excluding hydrogens is 242 g/mol. The summed E-state index contributed by atoms with van der Waals surface area (Å²) in [7, 11) is 0. The lowest BCUT2D eigenvalue weighted by atomic mass is 9.97. The fourth-order valence-electron chi connectivity index (χ4n) is 2.06. The predicted molar refractivity (Wildman–Crippen MR) is 77.9 cm³/mol. The van der Waals surface area contributed by atoms with E-state index in [9.17, 15) is 0 Å². The Hall–Kier alpha value is -1.31. The second kappa shape index (κ2) is 6.03. The van der Waals surface area contributed by atoms with Gasteiger partial charge in [0.1, 0.15) is 0 Å². The van der Waals surface area contributed by atoms with Gasteiger partial charge in [-0.15, -0.1) is 0 Å². The van der Waals surface area contributed by atoms with E-state index in [-0.39, 0.29) is 6.04 Å². The first-order chi connectivity index (χ1) is 8.70. The molecule has 2 aromatic carbocycles. The Labute approximate surface area is 114 Å². The maximum Gasteiger partial charge on any atom is 0.0438 e. The zero-order valence-corrected chi connectivity index (χ0v) is 11.3. The van der Waals surface area contributed by atoms with E-state index >= 15 is 0 Å². The summed E-state index contributed by atoms with van der Waals surface area (Å²) in [4.78, 5) is 0. The first-order valence-electron chi connectivity index (χ1n) is 6.28. The Balaban J connectivity index is 2.16. The predicted octanol–water partition coefficient (Wildman–Crippen LogP) is 4.14. The molecule has 0 saturated carbocycles. The minimum Gasteiger partial charge on any atom is -0.324 e. The fourth-order valence-corrected chi connectivity index (χ4v) is 2.28. The van der Waals surface area contributed by atoms with Gasteiger partial charge in [-0.05, 0) is 35.6 Å². The Morgan fingerprint density at radius 3 is 2.61 bits per heavy atom. The highest BCUT2D eigenvalue weighted by Gasteiger charge is 2.09. The van der Waals surface area contributed by atoms with Crippen LogP contribution in [0.2, 0.25) is 5.02 Å². The van der Waals surface area contributed by atoms with Crippen LogP contribution in [0.4, 0.5) is 0 Å². The highest BCUT2D eigenvalue weighted by atomic mass is 35.5. The molecule has 1 unspecified atom stereocenters. The average molecular weight is 260 g/mol. The van der Waals surface area contributed by atoms with E-state index in [0.29, 0.717) is 0 Å². The summed E-state index contributed by atoms with van der Waals surface area (Å²) in [5.74, 6) is 0. The summed E-state index contributed by atoms with van der Waals surface area (Å²) in [6, 6.07) is 16.3. The van der Waals surface area contributed by atoms with Crippen LogP contribution in [0.5, 0.6) is 0 Å². The lowest BCUT2D eigenvalue weighted by Gasteiger charge is -2.14. The third kappa shape index (κ3) is 3.12. The lowest BCUT2D eigenvalue weighted by molar-refractivity contribution is 0.720. The van der Waals surface area contributed by atoms with Gasteiger partial charge in [0.25, 0.3) is 0 Å². The van der Waals surface area contributed by atoms with E-state index in [1.54, 1.807) is 0 Å². The molecule has 0 spiro atoms. The standard InChI is InChI=1S/C16H18ClN/c1-2-12-6-5-8-14(10-12)16(18)11-13-7-3-4-9-15(13)17/h3-10,16H,2,11,18H2,1H3. The van der Waals surface area contributed by atoms with Crippen molar-refractivity contribution in [3.8, 4) is 0 Å². The third-order valence-electron chi connectivity index (χ3n) is 3.19. The van der Waals surface area contributed by atoms with Gasteiger partial charge in [-0.25, -0.2) is 0 Å². The molecule has 0 saturated heterocycles. The van der Waals surface area contributed by atoms with E-state index < -0.39 is 0 Å². The topological polar surface area (TPSA) is 26.0 Å². The van der Waals surface area contributed by atoms with Gasteiger partial charge < -0.3 is 5.73 Å². The van der Waals surface area contributed by atoms with Crippen LogP contribution in [0.15, 0.2) is 48.5 Å². The Morgan fingerprint density at radius 1 is 1.11 bits per heavy atom. The molecule has 0 aliphatic heterocycles. The van der Waals surface area contributed by atoms with Crippen molar-refractivity contribution in [3.05, 3.63) is 70.2 Å². The molecule has 0 radical (unpaired) electrons. The molecule has 0 heterocycles. The maximum atomic E-state index is 6.26. The minimum atomic E-state index is -0.00333. The van der Waals surface area contributed by atoms with Crippen molar-refractivity contribution in [1.29, 1.82) is 0 Å². The largest absolute Gasteiger partial charge is 0.324 e. The number of halogens is 1. The molecule has 2 rings (SSSR count). The molecule has 0 bridgehead atoms. The first-order valence-corrected chi connectivity index (χ1v) is 6.66. The summed E-state index contributed by atoms with van der Waals surface area (Å²) >= 11 is 6.16. The van der Waals surface area contributed by atoms with Crippen LogP contribution in [-0.2, 0) is 12.8 Å². The Morgan fingerprint density at radius 2 is 1.89 bits per heavy atom. The van der Waals surface area contributed by atoms with Gasteiger partial charge in [-0.2, -0.15) is 0 Å². The van der Waals surface area contributed by atoms with E-state index in [1.165, 1.54) is 11.1 Å². The van der Waals surface area contributed by atoms with E-state index in [4.69, 9.17) is 17.3 Å². The second-order valence-electron chi connectivity index (χ2n) is 4.50. The highest BCUT2D eigenvalue weighted by molar-refractivity contribution is 6.31. The summed E-state index contributed by atoms with van der Waals surface area (Å²) in [5, 5.41) is 0.791. The zero-order valence-electron chi connectivity index (χ0n) is 10.6. The minimum absolute atomic E-state index is 0.00333. The van der Waals surface area contributed by atoms with Gasteiger partial charge >= 0.3 is 0 Å². The Bertz CT molecular complexity index is 522. The van der Waals surface area contributed by atoms with Crippen LogP contribution >= 0.6 is 11.6 Å². The number of benzene rings is 2. The first kappa shape index (κ1) is 13.1. The van der Waals surface area contributed by atoms with Crippen LogP contribution in [0.3, 0.4) is 0 Å². The lowest BCUT2D eigenvalue weighted by Crippen LogP contribution is -2.13. The SMILES string of the molecule is CCc1cccc(C(N)Cc2ccccc2Cl)c1. The zero-order chi connectivity index (χ0) is 13.0. The molecule has 0 aliphatic rings. The molecule has 18 heavy (non-hydrogen) atoms. The molecule has 2 N–H and O–H groups in total. The molecule has 0 aromatic heterocycles. The number of rotatable bonds is 4. The monoisotopic (exact) mass is 259 g/mol. The van der Waals surface area contributed by atoms with Crippen LogP contribution in [-0.4, -0.2) is 0 Å². The molecule has 0 amide bonds. The summed E-state index contributed by atoms with van der Waals surface area (Å²) < 4.78 is 0. The quantitative estimate of drug-likeness (QED) is 0.877. The average Bonchev–Trinajstić information content (AvgIpc) is 2.41. The van der Waals surface area contributed by atoms with Crippen molar-refractivity contribution in [3.63, 3.8) is 0 Å². The van der Waals surface area contributed by atoms with Gasteiger partial charge in [0.15, 0.2) is 0 Å². The van der Waals surface area contributed by atoms with Gasteiger partial charge in [0.05, 0.1) is 0 Å². The van der Waals surface area contributed by atoms with Gasteiger partial charge in [0, 0.05) is 11.1 Å². The molecule has 2 aromatic rings. The maximum absolute atomic E-state index is 6.26. The number of aryl methyl sites for hydroxylation is 1. The van der Waals surface area contributed by atoms with Gasteiger partial charge in [0.2, 0.25) is 0 Å². The third-order valence-corrected chi connectivity index (χ3v) is 3.55. The van der Waals surface area contributed by atoms with Crippen molar-refractivity contribution >= 4 is 11.6 Å². The van der Waals surface area contributed by atoms with E-state index in [2.05, 4.69) is 31.2 Å². The molecule has 94 valence electrons. The van der Waals surface area contributed by atoms with E-state index in [0.717, 1.165) is 23.4 Å². The molecule has 1 atom stereocenters. The van der Waals surface area contributed by atoms with Gasteiger partial charge in [-0.3, -0.25) is 0 Å². The van der Waals surface area contributed by atoms with Crippen molar-refractivity contribution in [1.82, 2.24) is 0 Å². The summed E-state index contributed by atoms with van der Waals surface area (Å²) in [6.07, 6.45) is 1.81. The van der Waals surface area contributed by atoms with Crippen molar-refractivity contribution < 1.29 is 0 Å². The number of hydrogen-bond donors (Lipinski definition) is 1. The van der Waals surface area contributed by atoms with E-state index in [1.807, 2.05) is 24.3 Å². The molecular formula is C16H18ClN. The highest BCUT2D eigenvalue weighted by Crippen LogP contribution is 2.22. The van der Waals surface area contributed by atoms with Crippen molar-refractivity contribution in [2.45, 2.75) is 25.8 Å². The second-order valence-corrected chi connectivity index (χ2v) is 4.91. The number of hydrogen-bond acceptors (Lipinski definition) is 1. The number of nitrogens with two attached hydrogens (primary N) is 1. The Kier molecular flexibility index (Phi) is 4.40. The van der Waals surface area contributed by atoms with Crippen LogP contribution < -0.4 is 5.73 Å². The molecule has 0 aliphatic carbocycles. The molecule has 0 fully saturated rings. The summed E-state index contributed by atoms with van der Waals surface area (Å²) in [6.45, 7) is 2.15. The van der Waals surface area contributed by atoms with Crippen LogP contribution in [0.25, 0.3) is 0 Å². The normalized spacial score (nSPS) is 12.4. The fraction of sp³-hybridized carbons (Fsp3) is 0.250.